The molecule has 8 nitrogen and oxygen atoms in total. The Morgan fingerprint density at radius 1 is 1.33 bits per heavy atom. The van der Waals surface area contributed by atoms with Crippen molar-refractivity contribution in [2.75, 3.05) is 27.2 Å². The SMILES string of the molecule is CNC(=O)CCN(C)C(=O)COc1ccc([N+](=O)[O-])cc1. The van der Waals surface area contributed by atoms with Crippen molar-refractivity contribution < 1.29 is 19.2 Å². The van der Waals surface area contributed by atoms with Gasteiger partial charge in [0.15, 0.2) is 6.61 Å². The molecule has 114 valence electrons. The summed E-state index contributed by atoms with van der Waals surface area (Å²) in [6, 6.07) is 5.45. The van der Waals surface area contributed by atoms with Gasteiger partial charge in [-0.3, -0.25) is 19.7 Å². The number of benzene rings is 1. The molecule has 0 bridgehead atoms. The van der Waals surface area contributed by atoms with Crippen molar-refractivity contribution in [1.82, 2.24) is 10.2 Å². The minimum atomic E-state index is -0.512. The van der Waals surface area contributed by atoms with Gasteiger partial charge in [-0.1, -0.05) is 0 Å². The molecule has 0 atom stereocenters. The molecule has 0 unspecified atom stereocenters. The summed E-state index contributed by atoms with van der Waals surface area (Å²) in [6.45, 7) is 0.101. The number of carbonyl (C=O) groups is 2. The smallest absolute Gasteiger partial charge is 0.269 e. The van der Waals surface area contributed by atoms with Crippen LogP contribution in [0.1, 0.15) is 6.42 Å². The Hall–Kier alpha value is -2.64. The quantitative estimate of drug-likeness (QED) is 0.585. The molecule has 1 aromatic carbocycles. The third kappa shape index (κ3) is 5.47. The number of hydrogen-bond acceptors (Lipinski definition) is 5. The fourth-order valence-electron chi connectivity index (χ4n) is 1.44. The first-order valence-corrected chi connectivity index (χ1v) is 6.26. The molecule has 0 saturated heterocycles. The van der Waals surface area contributed by atoms with E-state index in [1.165, 1.54) is 36.2 Å². The Labute approximate surface area is 121 Å². The number of amides is 2. The number of nitro groups is 1. The predicted molar refractivity (Wildman–Crippen MR) is 74.9 cm³/mol. The highest BCUT2D eigenvalue weighted by molar-refractivity contribution is 5.79. The van der Waals surface area contributed by atoms with Crippen LogP contribution in [0.25, 0.3) is 0 Å². The maximum Gasteiger partial charge on any atom is 0.269 e. The molecule has 2 amide bonds. The van der Waals surface area contributed by atoms with E-state index in [4.69, 9.17) is 4.74 Å². The van der Waals surface area contributed by atoms with E-state index in [0.717, 1.165) is 0 Å². The number of likely N-dealkylation sites (N-methyl/N-ethyl adjacent to an activating group) is 1. The maximum atomic E-state index is 11.8. The Balaban J connectivity index is 2.41. The van der Waals surface area contributed by atoms with Gasteiger partial charge in [0.25, 0.3) is 11.6 Å². The molecule has 8 heteroatoms. The molecule has 0 aliphatic heterocycles. The zero-order chi connectivity index (χ0) is 15.8. The lowest BCUT2D eigenvalue weighted by Gasteiger charge is -2.16. The van der Waals surface area contributed by atoms with Crippen LogP contribution in [0.2, 0.25) is 0 Å². The lowest BCUT2D eigenvalue weighted by Crippen LogP contribution is -2.34. The van der Waals surface area contributed by atoms with Gasteiger partial charge in [-0.25, -0.2) is 0 Å². The van der Waals surface area contributed by atoms with Gasteiger partial charge in [0, 0.05) is 39.2 Å². The lowest BCUT2D eigenvalue weighted by molar-refractivity contribution is -0.384. The fraction of sp³-hybridized carbons (Fsp3) is 0.385. The molecule has 1 N–H and O–H groups in total. The second-order valence-electron chi connectivity index (χ2n) is 4.28. The molecule has 21 heavy (non-hydrogen) atoms. The number of hydrogen-bond donors (Lipinski definition) is 1. The topological polar surface area (TPSA) is 102 Å². The van der Waals surface area contributed by atoms with Gasteiger partial charge in [-0.2, -0.15) is 0 Å². The Bertz CT molecular complexity index is 515. The van der Waals surface area contributed by atoms with Crippen molar-refractivity contribution in [3.8, 4) is 5.75 Å². The standard InChI is InChI=1S/C13H17N3O5/c1-14-12(17)7-8-15(2)13(18)9-21-11-5-3-10(4-6-11)16(19)20/h3-6H,7-9H2,1-2H3,(H,14,17). The van der Waals surface area contributed by atoms with Crippen molar-refractivity contribution in [3.05, 3.63) is 34.4 Å². The average Bonchev–Trinajstić information content (AvgIpc) is 2.50. The lowest BCUT2D eigenvalue weighted by atomic mass is 10.3. The van der Waals surface area contributed by atoms with Gasteiger partial charge >= 0.3 is 0 Å². The molecule has 0 aliphatic carbocycles. The molecule has 0 aliphatic rings. The number of nitro benzene ring substituents is 1. The molecule has 1 aromatic rings. The van der Waals surface area contributed by atoms with Crippen LogP contribution in [-0.4, -0.2) is 48.9 Å². The number of carbonyl (C=O) groups excluding carboxylic acids is 2. The van der Waals surface area contributed by atoms with E-state index >= 15 is 0 Å². The second-order valence-corrected chi connectivity index (χ2v) is 4.28. The van der Waals surface area contributed by atoms with Crippen molar-refractivity contribution in [3.63, 3.8) is 0 Å². The van der Waals surface area contributed by atoms with Crippen LogP contribution >= 0.6 is 0 Å². The van der Waals surface area contributed by atoms with Gasteiger partial charge in [0.1, 0.15) is 5.75 Å². The largest absolute Gasteiger partial charge is 0.484 e. The molecule has 1 rings (SSSR count). The summed E-state index contributed by atoms with van der Waals surface area (Å²) in [6.07, 6.45) is 0.219. The van der Waals surface area contributed by atoms with Gasteiger partial charge in [0.05, 0.1) is 4.92 Å². The molecule has 0 heterocycles. The van der Waals surface area contributed by atoms with Gasteiger partial charge in [0.2, 0.25) is 5.91 Å². The zero-order valence-corrected chi connectivity index (χ0v) is 11.9. The van der Waals surface area contributed by atoms with Crippen LogP contribution in [0, 0.1) is 10.1 Å². The second kappa shape index (κ2) is 7.83. The van der Waals surface area contributed by atoms with Gasteiger partial charge in [-0.15, -0.1) is 0 Å². The van der Waals surface area contributed by atoms with Crippen LogP contribution < -0.4 is 10.1 Å². The van der Waals surface area contributed by atoms with Crippen molar-refractivity contribution >= 4 is 17.5 Å². The van der Waals surface area contributed by atoms with Crippen LogP contribution in [0.15, 0.2) is 24.3 Å². The Morgan fingerprint density at radius 2 is 1.95 bits per heavy atom. The summed E-state index contributed by atoms with van der Waals surface area (Å²) < 4.78 is 5.24. The van der Waals surface area contributed by atoms with Crippen molar-refractivity contribution in [1.29, 1.82) is 0 Å². The van der Waals surface area contributed by atoms with Crippen LogP contribution in [0.3, 0.4) is 0 Å². The molecule has 0 saturated carbocycles. The van der Waals surface area contributed by atoms with Crippen molar-refractivity contribution in [2.45, 2.75) is 6.42 Å². The van der Waals surface area contributed by atoms with Gasteiger partial charge in [-0.05, 0) is 12.1 Å². The third-order valence-electron chi connectivity index (χ3n) is 2.79. The summed E-state index contributed by atoms with van der Waals surface area (Å²) >= 11 is 0. The summed E-state index contributed by atoms with van der Waals surface area (Å²) in [5, 5.41) is 13.0. The first-order valence-electron chi connectivity index (χ1n) is 6.26. The van der Waals surface area contributed by atoms with E-state index in [1.807, 2.05) is 0 Å². The highest BCUT2D eigenvalue weighted by Gasteiger charge is 2.11. The first-order chi connectivity index (χ1) is 9.93. The Kier molecular flexibility index (Phi) is 6.12. The van der Waals surface area contributed by atoms with E-state index < -0.39 is 4.92 Å². The normalized spacial score (nSPS) is 9.81. The monoisotopic (exact) mass is 295 g/mol. The number of nitrogens with zero attached hydrogens (tertiary/aromatic N) is 2. The third-order valence-corrected chi connectivity index (χ3v) is 2.79. The van der Waals surface area contributed by atoms with Crippen LogP contribution in [-0.2, 0) is 9.59 Å². The molecule has 0 spiro atoms. The van der Waals surface area contributed by atoms with Crippen LogP contribution in [0.4, 0.5) is 5.69 Å². The molecule has 0 radical (unpaired) electrons. The number of rotatable bonds is 7. The minimum absolute atomic E-state index is 0.0450. The van der Waals surface area contributed by atoms with Gasteiger partial charge < -0.3 is 15.0 Å². The summed E-state index contributed by atoms with van der Waals surface area (Å²) in [5.41, 5.74) is -0.0450. The predicted octanol–water partition coefficient (Wildman–Crippen LogP) is 0.568. The maximum absolute atomic E-state index is 11.8. The molecular weight excluding hydrogens is 278 g/mol. The summed E-state index contributed by atoms with van der Waals surface area (Å²) in [7, 11) is 3.10. The minimum Gasteiger partial charge on any atom is -0.484 e. The molecule has 0 fully saturated rings. The Morgan fingerprint density at radius 3 is 2.48 bits per heavy atom. The van der Waals surface area contributed by atoms with E-state index in [2.05, 4.69) is 5.32 Å². The number of non-ortho nitro benzene ring substituents is 1. The van der Waals surface area contributed by atoms with E-state index in [0.29, 0.717) is 12.3 Å². The number of nitrogens with one attached hydrogen (secondary N) is 1. The number of ether oxygens (including phenoxy) is 1. The van der Waals surface area contributed by atoms with E-state index in [-0.39, 0.29) is 30.5 Å². The van der Waals surface area contributed by atoms with E-state index in [1.54, 1.807) is 7.05 Å². The van der Waals surface area contributed by atoms with Crippen molar-refractivity contribution in [2.24, 2.45) is 0 Å². The molecular formula is C13H17N3O5. The van der Waals surface area contributed by atoms with Crippen LogP contribution in [0.5, 0.6) is 5.75 Å². The summed E-state index contributed by atoms with van der Waals surface area (Å²) in [4.78, 5) is 34.2. The zero-order valence-electron chi connectivity index (χ0n) is 11.9. The molecule has 0 aromatic heterocycles. The summed E-state index contributed by atoms with van der Waals surface area (Å²) in [5.74, 6) is -0.0585. The average molecular weight is 295 g/mol. The highest BCUT2D eigenvalue weighted by Crippen LogP contribution is 2.17. The van der Waals surface area contributed by atoms with E-state index in [9.17, 15) is 19.7 Å². The first kappa shape index (κ1) is 16.4. The fourth-order valence-corrected chi connectivity index (χ4v) is 1.44. The highest BCUT2D eigenvalue weighted by atomic mass is 16.6.